The molecule has 1 heterocycles. The summed E-state index contributed by atoms with van der Waals surface area (Å²) in [7, 11) is 1.44. The van der Waals surface area contributed by atoms with Crippen molar-refractivity contribution in [2.45, 2.75) is 37.6 Å². The molecule has 4 rings (SSSR count). The normalized spacial score (nSPS) is 16.1. The molecule has 32 heavy (non-hydrogen) atoms. The van der Waals surface area contributed by atoms with E-state index in [-0.39, 0.29) is 18.4 Å². The maximum Gasteiger partial charge on any atom is 0.410 e. The Morgan fingerprint density at radius 1 is 1.00 bits per heavy atom. The van der Waals surface area contributed by atoms with Crippen LogP contribution in [0.2, 0.25) is 0 Å². The highest BCUT2D eigenvalue weighted by atomic mass is 16.6. The van der Waals surface area contributed by atoms with Gasteiger partial charge in [0.05, 0.1) is 6.42 Å². The number of amides is 2. The van der Waals surface area contributed by atoms with Gasteiger partial charge in [0.25, 0.3) is 0 Å². The second-order valence-corrected chi connectivity index (χ2v) is 8.41. The van der Waals surface area contributed by atoms with Gasteiger partial charge < -0.3 is 14.7 Å². The number of likely N-dealkylation sites (tertiary alicyclic amines) is 1. The Morgan fingerprint density at radius 3 is 2.12 bits per heavy atom. The van der Waals surface area contributed by atoms with Gasteiger partial charge in [-0.25, -0.2) is 4.79 Å². The molecule has 1 N–H and O–H groups in total. The lowest BCUT2D eigenvalue weighted by molar-refractivity contribution is -0.145. The fourth-order valence-electron chi connectivity index (χ4n) is 4.70. The van der Waals surface area contributed by atoms with Crippen molar-refractivity contribution in [3.63, 3.8) is 0 Å². The van der Waals surface area contributed by atoms with Gasteiger partial charge in [-0.05, 0) is 41.5 Å². The number of fused-ring (bicyclic) bond motifs is 3. The van der Waals surface area contributed by atoms with E-state index < -0.39 is 24.5 Å². The van der Waals surface area contributed by atoms with Crippen LogP contribution in [-0.2, 0) is 14.3 Å². The summed E-state index contributed by atoms with van der Waals surface area (Å²) in [6.45, 7) is 1.30. The molecule has 1 aliphatic carbocycles. The standard InChI is InChI=1S/C25H28N2O5/c1-26(22(15-23(28)29)24(30)27-13-7-2-8-14-27)25(31)32-16-21-19-11-5-3-9-17(19)18-10-4-6-12-20(18)21/h3-6,9-12,21-22H,2,7-8,13-16H2,1H3,(H,28,29)/t22-/m0/s1. The van der Waals surface area contributed by atoms with Crippen LogP contribution < -0.4 is 0 Å². The van der Waals surface area contributed by atoms with E-state index in [1.165, 1.54) is 7.05 Å². The lowest BCUT2D eigenvalue weighted by Gasteiger charge is -2.33. The van der Waals surface area contributed by atoms with Gasteiger partial charge in [-0.15, -0.1) is 0 Å². The van der Waals surface area contributed by atoms with E-state index >= 15 is 0 Å². The number of likely N-dealkylation sites (N-methyl/N-ethyl adjacent to an activating group) is 1. The first kappa shape index (κ1) is 21.9. The van der Waals surface area contributed by atoms with E-state index in [1.807, 2.05) is 36.4 Å². The molecular formula is C25H28N2O5. The van der Waals surface area contributed by atoms with E-state index in [0.29, 0.717) is 13.1 Å². The molecule has 2 aliphatic rings. The van der Waals surface area contributed by atoms with Crippen molar-refractivity contribution in [1.82, 2.24) is 9.80 Å². The zero-order valence-electron chi connectivity index (χ0n) is 18.2. The first-order valence-corrected chi connectivity index (χ1v) is 11.1. The Morgan fingerprint density at radius 2 is 1.56 bits per heavy atom. The molecule has 0 spiro atoms. The Bertz CT molecular complexity index is 969. The molecule has 2 aromatic carbocycles. The average Bonchev–Trinajstić information content (AvgIpc) is 3.14. The number of hydrogen-bond acceptors (Lipinski definition) is 4. The van der Waals surface area contributed by atoms with Crippen LogP contribution in [0.1, 0.15) is 42.7 Å². The summed E-state index contributed by atoms with van der Waals surface area (Å²) >= 11 is 0. The number of ether oxygens (including phenoxy) is 1. The molecule has 0 radical (unpaired) electrons. The number of carboxylic acid groups (broad SMARTS) is 1. The first-order chi connectivity index (χ1) is 15.5. The summed E-state index contributed by atoms with van der Waals surface area (Å²) in [5.41, 5.74) is 4.44. The molecular weight excluding hydrogens is 408 g/mol. The molecule has 0 unspecified atom stereocenters. The van der Waals surface area contributed by atoms with Gasteiger partial charge in [-0.2, -0.15) is 0 Å². The Labute approximate surface area is 187 Å². The van der Waals surface area contributed by atoms with Crippen molar-refractivity contribution < 1.29 is 24.2 Å². The molecule has 0 saturated carbocycles. The Hall–Kier alpha value is -3.35. The summed E-state index contributed by atoms with van der Waals surface area (Å²) in [5.74, 6) is -1.56. The molecule has 1 aliphatic heterocycles. The summed E-state index contributed by atoms with van der Waals surface area (Å²) in [6.07, 6.45) is 1.69. The molecule has 168 valence electrons. The second kappa shape index (κ2) is 9.42. The van der Waals surface area contributed by atoms with Crippen LogP contribution in [0.25, 0.3) is 11.1 Å². The van der Waals surface area contributed by atoms with Gasteiger partial charge in [-0.3, -0.25) is 14.5 Å². The summed E-state index contributed by atoms with van der Waals surface area (Å²) < 4.78 is 5.62. The molecule has 7 nitrogen and oxygen atoms in total. The maximum atomic E-state index is 13.0. The first-order valence-electron chi connectivity index (χ1n) is 11.1. The average molecular weight is 437 g/mol. The zero-order valence-corrected chi connectivity index (χ0v) is 18.2. The van der Waals surface area contributed by atoms with Crippen LogP contribution in [0.3, 0.4) is 0 Å². The number of rotatable bonds is 6. The quantitative estimate of drug-likeness (QED) is 0.746. The fourth-order valence-corrected chi connectivity index (χ4v) is 4.70. The van der Waals surface area contributed by atoms with E-state index in [9.17, 15) is 19.5 Å². The highest BCUT2D eigenvalue weighted by Crippen LogP contribution is 2.44. The van der Waals surface area contributed by atoms with Crippen LogP contribution in [-0.4, -0.2) is 65.7 Å². The molecule has 0 aromatic heterocycles. The van der Waals surface area contributed by atoms with E-state index in [0.717, 1.165) is 46.4 Å². The number of hydrogen-bond donors (Lipinski definition) is 1. The molecule has 1 fully saturated rings. The van der Waals surface area contributed by atoms with E-state index in [4.69, 9.17) is 4.74 Å². The van der Waals surface area contributed by atoms with Crippen molar-refractivity contribution in [1.29, 1.82) is 0 Å². The van der Waals surface area contributed by atoms with Crippen LogP contribution in [0.5, 0.6) is 0 Å². The summed E-state index contributed by atoms with van der Waals surface area (Å²) in [6, 6.07) is 15.0. The fraction of sp³-hybridized carbons (Fsp3) is 0.400. The van der Waals surface area contributed by atoms with Crippen molar-refractivity contribution in [3.8, 4) is 11.1 Å². The second-order valence-electron chi connectivity index (χ2n) is 8.41. The van der Waals surface area contributed by atoms with Crippen molar-refractivity contribution in [2.75, 3.05) is 26.7 Å². The van der Waals surface area contributed by atoms with Gasteiger partial charge in [0.15, 0.2) is 0 Å². The topological polar surface area (TPSA) is 87.1 Å². The number of aliphatic carboxylic acids is 1. The molecule has 2 aromatic rings. The van der Waals surface area contributed by atoms with Gasteiger partial charge in [0.2, 0.25) is 5.91 Å². The molecule has 1 atom stereocenters. The minimum Gasteiger partial charge on any atom is -0.481 e. The van der Waals surface area contributed by atoms with Crippen LogP contribution in [0.15, 0.2) is 48.5 Å². The molecule has 0 bridgehead atoms. The lowest BCUT2D eigenvalue weighted by Crippen LogP contribution is -2.51. The Kier molecular flexibility index (Phi) is 6.44. The predicted octanol–water partition coefficient (Wildman–Crippen LogP) is 3.72. The van der Waals surface area contributed by atoms with Crippen LogP contribution in [0, 0.1) is 0 Å². The molecule has 7 heteroatoms. The van der Waals surface area contributed by atoms with Crippen molar-refractivity contribution >= 4 is 18.0 Å². The Balaban J connectivity index is 1.47. The SMILES string of the molecule is CN(C(=O)OCC1c2ccccc2-c2ccccc21)[C@@H](CC(=O)O)C(=O)N1CCCCC1. The lowest BCUT2D eigenvalue weighted by atomic mass is 9.98. The zero-order chi connectivity index (χ0) is 22.7. The number of carbonyl (C=O) groups is 3. The van der Waals surface area contributed by atoms with E-state index in [2.05, 4.69) is 12.1 Å². The smallest absolute Gasteiger partial charge is 0.410 e. The highest BCUT2D eigenvalue weighted by molar-refractivity contribution is 5.89. The molecule has 2 amide bonds. The van der Waals surface area contributed by atoms with Crippen molar-refractivity contribution in [3.05, 3.63) is 59.7 Å². The summed E-state index contributed by atoms with van der Waals surface area (Å²) in [4.78, 5) is 40.1. The van der Waals surface area contributed by atoms with Crippen molar-refractivity contribution in [2.24, 2.45) is 0 Å². The molecule has 1 saturated heterocycles. The van der Waals surface area contributed by atoms with Gasteiger partial charge >= 0.3 is 12.1 Å². The number of piperidine rings is 1. The maximum absolute atomic E-state index is 13.0. The summed E-state index contributed by atoms with van der Waals surface area (Å²) in [5, 5.41) is 9.33. The minimum absolute atomic E-state index is 0.101. The third-order valence-corrected chi connectivity index (χ3v) is 6.41. The third kappa shape index (κ3) is 4.33. The number of carbonyl (C=O) groups excluding carboxylic acids is 2. The number of nitrogens with zero attached hydrogens (tertiary/aromatic N) is 2. The van der Waals surface area contributed by atoms with E-state index in [1.54, 1.807) is 4.90 Å². The van der Waals surface area contributed by atoms with Crippen LogP contribution >= 0.6 is 0 Å². The van der Waals surface area contributed by atoms with Crippen LogP contribution in [0.4, 0.5) is 4.79 Å². The monoisotopic (exact) mass is 436 g/mol. The van der Waals surface area contributed by atoms with Gasteiger partial charge in [0.1, 0.15) is 12.6 Å². The highest BCUT2D eigenvalue weighted by Gasteiger charge is 2.35. The minimum atomic E-state index is -1.13. The third-order valence-electron chi connectivity index (χ3n) is 6.41. The van der Waals surface area contributed by atoms with Gasteiger partial charge in [-0.1, -0.05) is 48.5 Å². The predicted molar refractivity (Wildman–Crippen MR) is 119 cm³/mol. The number of benzene rings is 2. The van der Waals surface area contributed by atoms with Gasteiger partial charge in [0, 0.05) is 26.1 Å². The largest absolute Gasteiger partial charge is 0.481 e. The number of carboxylic acids is 1.